The van der Waals surface area contributed by atoms with Gasteiger partial charge >= 0.3 is 11.8 Å². The molecule has 1 amide bonds. The Morgan fingerprint density at radius 2 is 1.72 bits per heavy atom. The SMILES string of the molecule is COc1cc(CNC(=O)c2nc(CS(=O)(=O)c3ccccc3)no2)cc(OC)c1. The lowest BCUT2D eigenvalue weighted by Crippen LogP contribution is -2.23. The van der Waals surface area contributed by atoms with Crippen molar-refractivity contribution in [1.82, 2.24) is 15.5 Å². The van der Waals surface area contributed by atoms with Crippen molar-refractivity contribution in [3.8, 4) is 11.5 Å². The summed E-state index contributed by atoms with van der Waals surface area (Å²) < 4.78 is 40.0. The molecular weight excluding hydrogens is 398 g/mol. The van der Waals surface area contributed by atoms with E-state index in [9.17, 15) is 13.2 Å². The van der Waals surface area contributed by atoms with Crippen molar-refractivity contribution in [3.63, 3.8) is 0 Å². The summed E-state index contributed by atoms with van der Waals surface area (Å²) >= 11 is 0. The number of nitrogens with one attached hydrogen (secondary N) is 1. The molecule has 152 valence electrons. The fraction of sp³-hybridized carbons (Fsp3) is 0.211. The molecule has 0 spiro atoms. The summed E-state index contributed by atoms with van der Waals surface area (Å²) in [7, 11) is -0.584. The highest BCUT2D eigenvalue weighted by atomic mass is 32.2. The lowest BCUT2D eigenvalue weighted by molar-refractivity contribution is 0.0907. The second-order valence-electron chi connectivity index (χ2n) is 5.99. The average Bonchev–Trinajstić information content (AvgIpc) is 3.20. The molecule has 1 N–H and O–H groups in total. The number of aromatic nitrogens is 2. The zero-order valence-electron chi connectivity index (χ0n) is 15.8. The van der Waals surface area contributed by atoms with E-state index in [4.69, 9.17) is 14.0 Å². The Kier molecular flexibility index (Phi) is 6.13. The van der Waals surface area contributed by atoms with Crippen molar-refractivity contribution in [1.29, 1.82) is 0 Å². The minimum Gasteiger partial charge on any atom is -0.497 e. The number of sulfone groups is 1. The molecular formula is C19H19N3O6S. The van der Waals surface area contributed by atoms with Crippen molar-refractivity contribution in [2.24, 2.45) is 0 Å². The van der Waals surface area contributed by atoms with E-state index < -0.39 is 21.5 Å². The van der Waals surface area contributed by atoms with E-state index in [-0.39, 0.29) is 23.2 Å². The van der Waals surface area contributed by atoms with Gasteiger partial charge in [0.25, 0.3) is 0 Å². The van der Waals surface area contributed by atoms with Gasteiger partial charge in [-0.1, -0.05) is 23.4 Å². The van der Waals surface area contributed by atoms with Gasteiger partial charge in [-0.2, -0.15) is 4.98 Å². The Morgan fingerprint density at radius 1 is 1.07 bits per heavy atom. The van der Waals surface area contributed by atoms with Gasteiger partial charge in [0.2, 0.25) is 0 Å². The van der Waals surface area contributed by atoms with E-state index in [0.29, 0.717) is 11.5 Å². The molecule has 29 heavy (non-hydrogen) atoms. The first kappa shape index (κ1) is 20.3. The van der Waals surface area contributed by atoms with Gasteiger partial charge in [0, 0.05) is 12.6 Å². The summed E-state index contributed by atoms with van der Waals surface area (Å²) in [5.74, 6) is -0.344. The van der Waals surface area contributed by atoms with Crippen LogP contribution in [0.15, 0.2) is 57.9 Å². The molecule has 0 aliphatic rings. The van der Waals surface area contributed by atoms with E-state index >= 15 is 0 Å². The molecule has 1 aromatic heterocycles. The van der Waals surface area contributed by atoms with Crippen LogP contribution in [0.2, 0.25) is 0 Å². The largest absolute Gasteiger partial charge is 0.497 e. The first-order valence-corrected chi connectivity index (χ1v) is 10.2. The van der Waals surface area contributed by atoms with Crippen LogP contribution >= 0.6 is 0 Å². The molecule has 0 radical (unpaired) electrons. The second-order valence-corrected chi connectivity index (χ2v) is 7.98. The molecule has 1 heterocycles. The molecule has 3 rings (SSSR count). The summed E-state index contributed by atoms with van der Waals surface area (Å²) in [6.07, 6.45) is 0. The smallest absolute Gasteiger partial charge is 0.315 e. The van der Waals surface area contributed by atoms with Gasteiger partial charge in [0.05, 0.1) is 19.1 Å². The van der Waals surface area contributed by atoms with Crippen LogP contribution in [0.3, 0.4) is 0 Å². The summed E-state index contributed by atoms with van der Waals surface area (Å²) in [5.41, 5.74) is 0.737. The lowest BCUT2D eigenvalue weighted by Gasteiger charge is -2.08. The number of hydrogen-bond donors (Lipinski definition) is 1. The van der Waals surface area contributed by atoms with Gasteiger partial charge in [0.15, 0.2) is 15.7 Å². The fourth-order valence-electron chi connectivity index (χ4n) is 2.51. The predicted molar refractivity (Wildman–Crippen MR) is 102 cm³/mol. The standard InChI is InChI=1S/C19H19N3O6S/c1-26-14-8-13(9-15(10-14)27-2)11-20-18(23)19-21-17(22-28-19)12-29(24,25)16-6-4-3-5-7-16/h3-10H,11-12H2,1-2H3,(H,20,23). The van der Waals surface area contributed by atoms with Gasteiger partial charge in [-0.15, -0.1) is 0 Å². The normalized spacial score (nSPS) is 11.1. The minimum absolute atomic E-state index is 0.0953. The molecule has 3 aromatic rings. The highest BCUT2D eigenvalue weighted by Crippen LogP contribution is 2.22. The molecule has 0 unspecified atom stereocenters. The highest BCUT2D eigenvalue weighted by molar-refractivity contribution is 7.90. The number of carbonyl (C=O) groups excluding carboxylic acids is 1. The number of ether oxygens (including phenoxy) is 2. The maximum atomic E-state index is 12.4. The monoisotopic (exact) mass is 417 g/mol. The number of amides is 1. The maximum Gasteiger partial charge on any atom is 0.315 e. The lowest BCUT2D eigenvalue weighted by atomic mass is 10.2. The number of methoxy groups -OCH3 is 2. The summed E-state index contributed by atoms with van der Waals surface area (Å²) in [5, 5.41) is 6.22. The summed E-state index contributed by atoms with van der Waals surface area (Å²) in [4.78, 5) is 16.3. The Labute approximate surface area is 167 Å². The first-order valence-electron chi connectivity index (χ1n) is 8.52. The molecule has 0 bridgehead atoms. The van der Waals surface area contributed by atoms with E-state index in [1.807, 2.05) is 0 Å². The van der Waals surface area contributed by atoms with Crippen LogP contribution in [0.25, 0.3) is 0 Å². The third-order valence-electron chi connectivity index (χ3n) is 3.95. The predicted octanol–water partition coefficient (Wildman–Crippen LogP) is 1.99. The first-order chi connectivity index (χ1) is 13.9. The molecule has 0 atom stereocenters. The number of benzene rings is 2. The van der Waals surface area contributed by atoms with Gasteiger partial charge in [-0.3, -0.25) is 4.79 Å². The molecule has 0 aliphatic heterocycles. The van der Waals surface area contributed by atoms with Crippen LogP contribution in [-0.4, -0.2) is 38.7 Å². The van der Waals surface area contributed by atoms with Crippen LogP contribution in [0.5, 0.6) is 11.5 Å². The quantitative estimate of drug-likeness (QED) is 0.591. The zero-order valence-corrected chi connectivity index (χ0v) is 16.6. The van der Waals surface area contributed by atoms with E-state index in [1.165, 1.54) is 26.4 Å². The van der Waals surface area contributed by atoms with Crippen molar-refractivity contribution in [3.05, 3.63) is 65.8 Å². The Balaban J connectivity index is 1.65. The maximum absolute atomic E-state index is 12.4. The molecule has 9 nitrogen and oxygen atoms in total. The average molecular weight is 417 g/mol. The van der Waals surface area contributed by atoms with E-state index in [0.717, 1.165) is 5.56 Å². The van der Waals surface area contributed by atoms with Gasteiger partial charge < -0.3 is 19.3 Å². The Bertz CT molecular complexity index is 1070. The molecule has 0 fully saturated rings. The highest BCUT2D eigenvalue weighted by Gasteiger charge is 2.21. The molecule has 0 saturated carbocycles. The van der Waals surface area contributed by atoms with Crippen LogP contribution in [0, 0.1) is 0 Å². The van der Waals surface area contributed by atoms with Crippen LogP contribution in [0.4, 0.5) is 0 Å². The number of hydrogen-bond acceptors (Lipinski definition) is 8. The molecule has 10 heteroatoms. The van der Waals surface area contributed by atoms with E-state index in [2.05, 4.69) is 15.5 Å². The molecule has 0 saturated heterocycles. The van der Waals surface area contributed by atoms with Gasteiger partial charge in [-0.25, -0.2) is 8.42 Å². The summed E-state index contributed by atoms with van der Waals surface area (Å²) in [6.45, 7) is 0.159. The van der Waals surface area contributed by atoms with Crippen molar-refractivity contribution >= 4 is 15.7 Å². The van der Waals surface area contributed by atoms with Gasteiger partial charge in [0.1, 0.15) is 17.3 Å². The second kappa shape index (κ2) is 8.74. The van der Waals surface area contributed by atoms with Crippen molar-refractivity contribution in [2.45, 2.75) is 17.2 Å². The van der Waals surface area contributed by atoms with Crippen LogP contribution in [0.1, 0.15) is 22.1 Å². The van der Waals surface area contributed by atoms with Crippen molar-refractivity contribution < 1.29 is 27.2 Å². The molecule has 2 aromatic carbocycles. The summed E-state index contributed by atoms with van der Waals surface area (Å²) in [6, 6.07) is 13.1. The number of rotatable bonds is 8. The minimum atomic E-state index is -3.64. The Morgan fingerprint density at radius 3 is 2.34 bits per heavy atom. The van der Waals surface area contributed by atoms with Crippen LogP contribution in [-0.2, 0) is 22.1 Å². The fourth-order valence-corrected chi connectivity index (χ4v) is 3.71. The zero-order chi connectivity index (χ0) is 20.9. The number of carbonyl (C=O) groups is 1. The third-order valence-corrected chi connectivity index (χ3v) is 5.58. The topological polar surface area (TPSA) is 121 Å². The van der Waals surface area contributed by atoms with E-state index in [1.54, 1.807) is 36.4 Å². The van der Waals surface area contributed by atoms with Crippen LogP contribution < -0.4 is 14.8 Å². The molecule has 0 aliphatic carbocycles. The Hall–Kier alpha value is -3.40. The van der Waals surface area contributed by atoms with Crippen molar-refractivity contribution in [2.75, 3.05) is 14.2 Å². The number of nitrogens with zero attached hydrogens (tertiary/aromatic N) is 2. The third kappa shape index (κ3) is 5.11. The van der Waals surface area contributed by atoms with Gasteiger partial charge in [-0.05, 0) is 29.8 Å².